The van der Waals surface area contributed by atoms with Gasteiger partial charge in [0.15, 0.2) is 0 Å². The second-order valence-electron chi connectivity index (χ2n) is 4.30. The number of nitrogens with one attached hydrogen (secondary N) is 1. The third-order valence-electron chi connectivity index (χ3n) is 3.22. The quantitative estimate of drug-likeness (QED) is 0.710. The maximum Gasteiger partial charge on any atom is 0.211 e. The number of fused-ring (bicyclic) bond motifs is 1. The zero-order chi connectivity index (χ0) is 9.92. The standard InChI is InChI=1S/C10H14N4/c1-6-7(2)14-5-8(10(11)3-4-10)13-9(14)12-6/h5H,3-4,11H2,1-2H3,(H,12,13). The summed E-state index contributed by atoms with van der Waals surface area (Å²) >= 11 is 0. The Morgan fingerprint density at radius 2 is 2.21 bits per heavy atom. The summed E-state index contributed by atoms with van der Waals surface area (Å²) < 4.78 is 2.08. The van der Waals surface area contributed by atoms with Crippen LogP contribution in [0.1, 0.15) is 29.9 Å². The first-order chi connectivity index (χ1) is 6.60. The van der Waals surface area contributed by atoms with Crippen molar-refractivity contribution in [3.8, 4) is 0 Å². The summed E-state index contributed by atoms with van der Waals surface area (Å²) in [5.41, 5.74) is 9.39. The van der Waals surface area contributed by atoms with Crippen molar-refractivity contribution in [3.05, 3.63) is 23.3 Å². The van der Waals surface area contributed by atoms with Crippen LogP contribution in [0.5, 0.6) is 0 Å². The SMILES string of the molecule is Cc1nc2[nH]c(C3(N)CC3)cn2c1C. The van der Waals surface area contributed by atoms with Crippen molar-refractivity contribution in [2.45, 2.75) is 32.2 Å². The number of nitrogens with two attached hydrogens (primary N) is 1. The molecule has 0 aliphatic heterocycles. The van der Waals surface area contributed by atoms with E-state index in [0.717, 1.165) is 30.0 Å². The number of aromatic amines is 1. The molecule has 4 heteroatoms. The highest BCUT2D eigenvalue weighted by molar-refractivity contribution is 5.40. The van der Waals surface area contributed by atoms with Crippen LogP contribution in [0.2, 0.25) is 0 Å². The number of aromatic nitrogens is 3. The molecule has 1 saturated carbocycles. The second kappa shape index (κ2) is 2.20. The third kappa shape index (κ3) is 0.889. The minimum atomic E-state index is -0.0962. The second-order valence-corrected chi connectivity index (χ2v) is 4.30. The van der Waals surface area contributed by atoms with E-state index in [1.54, 1.807) is 0 Å². The highest BCUT2D eigenvalue weighted by Crippen LogP contribution is 2.42. The van der Waals surface area contributed by atoms with Crippen molar-refractivity contribution in [1.82, 2.24) is 14.4 Å². The van der Waals surface area contributed by atoms with Crippen molar-refractivity contribution in [3.63, 3.8) is 0 Å². The van der Waals surface area contributed by atoms with Crippen LogP contribution < -0.4 is 5.73 Å². The van der Waals surface area contributed by atoms with Gasteiger partial charge in [-0.1, -0.05) is 0 Å². The van der Waals surface area contributed by atoms with Crippen LogP contribution in [0, 0.1) is 13.8 Å². The molecule has 0 spiro atoms. The van der Waals surface area contributed by atoms with Crippen LogP contribution in [-0.2, 0) is 5.54 Å². The number of nitrogens with zero attached hydrogens (tertiary/aromatic N) is 2. The lowest BCUT2D eigenvalue weighted by Crippen LogP contribution is -2.19. The fourth-order valence-corrected chi connectivity index (χ4v) is 1.81. The zero-order valence-corrected chi connectivity index (χ0v) is 8.46. The Bertz CT molecular complexity index is 501. The molecule has 0 radical (unpaired) electrons. The summed E-state index contributed by atoms with van der Waals surface area (Å²) in [6.45, 7) is 4.09. The lowest BCUT2D eigenvalue weighted by molar-refractivity contribution is 0.714. The monoisotopic (exact) mass is 190 g/mol. The van der Waals surface area contributed by atoms with Crippen molar-refractivity contribution >= 4 is 5.78 Å². The lowest BCUT2D eigenvalue weighted by atomic mass is 10.2. The van der Waals surface area contributed by atoms with E-state index >= 15 is 0 Å². The average Bonchev–Trinajstić information content (AvgIpc) is 2.67. The molecule has 2 heterocycles. The topological polar surface area (TPSA) is 59.1 Å². The van der Waals surface area contributed by atoms with Gasteiger partial charge in [-0.25, -0.2) is 4.98 Å². The summed E-state index contributed by atoms with van der Waals surface area (Å²) in [4.78, 5) is 7.71. The molecule has 0 amide bonds. The van der Waals surface area contributed by atoms with Gasteiger partial charge in [0.25, 0.3) is 0 Å². The lowest BCUT2D eigenvalue weighted by Gasteiger charge is -2.02. The average molecular weight is 190 g/mol. The van der Waals surface area contributed by atoms with Gasteiger partial charge in [0.05, 0.1) is 16.9 Å². The Morgan fingerprint density at radius 3 is 2.79 bits per heavy atom. The Balaban J connectivity index is 2.22. The van der Waals surface area contributed by atoms with E-state index < -0.39 is 0 Å². The Kier molecular flexibility index (Phi) is 1.27. The van der Waals surface area contributed by atoms with Crippen molar-refractivity contribution in [2.24, 2.45) is 5.73 Å². The molecule has 74 valence electrons. The van der Waals surface area contributed by atoms with E-state index in [2.05, 4.69) is 27.5 Å². The third-order valence-corrected chi connectivity index (χ3v) is 3.22. The molecule has 0 aromatic carbocycles. The number of imidazole rings is 2. The van der Waals surface area contributed by atoms with Crippen molar-refractivity contribution in [1.29, 1.82) is 0 Å². The molecule has 1 aliphatic carbocycles. The van der Waals surface area contributed by atoms with Gasteiger partial charge in [0, 0.05) is 11.9 Å². The maximum absolute atomic E-state index is 6.11. The molecule has 1 fully saturated rings. The van der Waals surface area contributed by atoms with Gasteiger partial charge in [0.2, 0.25) is 5.78 Å². The van der Waals surface area contributed by atoms with Crippen molar-refractivity contribution < 1.29 is 0 Å². The van der Waals surface area contributed by atoms with Gasteiger partial charge in [-0.2, -0.15) is 0 Å². The highest BCUT2D eigenvalue weighted by atomic mass is 15.1. The first kappa shape index (κ1) is 8.05. The van der Waals surface area contributed by atoms with Crippen LogP contribution in [0.4, 0.5) is 0 Å². The number of H-pyrrole nitrogens is 1. The van der Waals surface area contributed by atoms with Crippen LogP contribution >= 0.6 is 0 Å². The fraction of sp³-hybridized carbons (Fsp3) is 0.500. The first-order valence-electron chi connectivity index (χ1n) is 4.94. The Morgan fingerprint density at radius 1 is 1.50 bits per heavy atom. The number of rotatable bonds is 1. The predicted octanol–water partition coefficient (Wildman–Crippen LogP) is 1.23. The maximum atomic E-state index is 6.11. The van der Waals surface area contributed by atoms with Crippen LogP contribution in [0.3, 0.4) is 0 Å². The zero-order valence-electron chi connectivity index (χ0n) is 8.46. The van der Waals surface area contributed by atoms with Gasteiger partial charge in [0.1, 0.15) is 0 Å². The summed E-state index contributed by atoms with van der Waals surface area (Å²) in [6.07, 6.45) is 4.24. The molecule has 2 aromatic rings. The minimum Gasteiger partial charge on any atom is -0.326 e. The van der Waals surface area contributed by atoms with Crippen LogP contribution in [0.25, 0.3) is 5.78 Å². The molecule has 0 bridgehead atoms. The number of aryl methyl sites for hydroxylation is 2. The van der Waals surface area contributed by atoms with E-state index in [1.807, 2.05) is 6.92 Å². The van der Waals surface area contributed by atoms with Gasteiger partial charge >= 0.3 is 0 Å². The molecule has 2 aromatic heterocycles. The molecule has 4 nitrogen and oxygen atoms in total. The number of hydrogen-bond acceptors (Lipinski definition) is 2. The van der Waals surface area contributed by atoms with E-state index in [9.17, 15) is 0 Å². The molecule has 1 aliphatic rings. The smallest absolute Gasteiger partial charge is 0.211 e. The first-order valence-corrected chi connectivity index (χ1v) is 4.94. The largest absolute Gasteiger partial charge is 0.326 e. The van der Waals surface area contributed by atoms with Crippen LogP contribution in [0.15, 0.2) is 6.20 Å². The molecule has 0 atom stereocenters. The van der Waals surface area contributed by atoms with Crippen LogP contribution in [-0.4, -0.2) is 14.4 Å². The molecule has 0 saturated heterocycles. The highest BCUT2D eigenvalue weighted by Gasteiger charge is 2.41. The van der Waals surface area contributed by atoms with E-state index in [0.29, 0.717) is 0 Å². The van der Waals surface area contributed by atoms with Gasteiger partial charge < -0.3 is 10.7 Å². The van der Waals surface area contributed by atoms with Gasteiger partial charge in [-0.3, -0.25) is 4.40 Å². The van der Waals surface area contributed by atoms with E-state index in [-0.39, 0.29) is 5.54 Å². The van der Waals surface area contributed by atoms with Crippen molar-refractivity contribution in [2.75, 3.05) is 0 Å². The predicted molar refractivity (Wildman–Crippen MR) is 54.1 cm³/mol. The normalized spacial score (nSPS) is 19.1. The summed E-state index contributed by atoms with van der Waals surface area (Å²) in [6, 6.07) is 0. The fourth-order valence-electron chi connectivity index (χ4n) is 1.81. The summed E-state index contributed by atoms with van der Waals surface area (Å²) in [5.74, 6) is 0.909. The Labute approximate surface area is 82.1 Å². The summed E-state index contributed by atoms with van der Waals surface area (Å²) in [5, 5.41) is 0. The molecule has 14 heavy (non-hydrogen) atoms. The molecule has 0 unspecified atom stereocenters. The van der Waals surface area contributed by atoms with Gasteiger partial charge in [-0.15, -0.1) is 0 Å². The van der Waals surface area contributed by atoms with Gasteiger partial charge in [-0.05, 0) is 26.7 Å². The molecule has 3 N–H and O–H groups in total. The number of hydrogen-bond donors (Lipinski definition) is 2. The molecule has 3 rings (SSSR count). The van der Waals surface area contributed by atoms with E-state index in [4.69, 9.17) is 5.73 Å². The minimum absolute atomic E-state index is 0.0962. The van der Waals surface area contributed by atoms with E-state index in [1.165, 1.54) is 5.69 Å². The summed E-state index contributed by atoms with van der Waals surface area (Å²) in [7, 11) is 0. The molecular weight excluding hydrogens is 176 g/mol. The Hall–Kier alpha value is -1.29. The molecular formula is C10H14N4.